The van der Waals surface area contributed by atoms with Crippen LogP contribution in [0.2, 0.25) is 0 Å². The van der Waals surface area contributed by atoms with Crippen molar-refractivity contribution in [1.82, 2.24) is 0 Å². The van der Waals surface area contributed by atoms with E-state index in [1.807, 2.05) is 11.1 Å². The second kappa shape index (κ2) is 6.89. The fraction of sp³-hybridized carbons (Fsp3) is 0.538. The third-order valence-electron chi connectivity index (χ3n) is 2.54. The molecule has 0 aliphatic carbocycles. The SMILES string of the molecule is C=c1cc(CCCCCCC)/c(=C/Br)o1. The summed E-state index contributed by atoms with van der Waals surface area (Å²) in [6, 6.07) is 2.03. The van der Waals surface area contributed by atoms with Gasteiger partial charge < -0.3 is 4.42 Å². The summed E-state index contributed by atoms with van der Waals surface area (Å²) in [4.78, 5) is 1.84. The van der Waals surface area contributed by atoms with Crippen LogP contribution in [0.3, 0.4) is 0 Å². The predicted octanol–water partition coefficient (Wildman–Crippen LogP) is 3.34. The first-order valence-electron chi connectivity index (χ1n) is 5.66. The van der Waals surface area contributed by atoms with Crippen molar-refractivity contribution in [3.05, 3.63) is 22.5 Å². The van der Waals surface area contributed by atoms with E-state index in [2.05, 4.69) is 29.4 Å². The molecule has 1 heterocycles. The van der Waals surface area contributed by atoms with Crippen LogP contribution in [0.4, 0.5) is 0 Å². The number of unbranched alkanes of at least 4 members (excludes halogenated alkanes) is 4. The average molecular weight is 271 g/mol. The van der Waals surface area contributed by atoms with Gasteiger partial charge in [-0.3, -0.25) is 0 Å². The summed E-state index contributed by atoms with van der Waals surface area (Å²) in [7, 11) is 0. The van der Waals surface area contributed by atoms with Crippen molar-refractivity contribution < 1.29 is 4.42 Å². The van der Waals surface area contributed by atoms with Crippen molar-refractivity contribution in [3.8, 4) is 0 Å². The summed E-state index contributed by atoms with van der Waals surface area (Å²) in [6.07, 6.45) is 7.65. The van der Waals surface area contributed by atoms with Crippen molar-refractivity contribution in [2.24, 2.45) is 0 Å². The molecule has 84 valence electrons. The molecule has 0 aromatic carbocycles. The maximum atomic E-state index is 5.43. The summed E-state index contributed by atoms with van der Waals surface area (Å²) in [5.74, 6) is 0. The molecule has 0 N–H and O–H groups in total. The van der Waals surface area contributed by atoms with Crippen molar-refractivity contribution in [2.45, 2.75) is 45.4 Å². The van der Waals surface area contributed by atoms with Crippen LogP contribution in [0.5, 0.6) is 0 Å². The summed E-state index contributed by atoms with van der Waals surface area (Å²) < 4.78 is 5.43. The van der Waals surface area contributed by atoms with E-state index in [9.17, 15) is 0 Å². The molecule has 0 bridgehead atoms. The first-order chi connectivity index (χ1) is 7.27. The largest absolute Gasteiger partial charge is 0.457 e. The molecule has 1 nitrogen and oxygen atoms in total. The van der Waals surface area contributed by atoms with Crippen LogP contribution >= 0.6 is 15.9 Å². The first-order valence-corrected chi connectivity index (χ1v) is 6.57. The van der Waals surface area contributed by atoms with Crippen molar-refractivity contribution in [3.63, 3.8) is 0 Å². The highest BCUT2D eigenvalue weighted by molar-refractivity contribution is 9.14. The second-order valence-electron chi connectivity index (χ2n) is 3.88. The van der Waals surface area contributed by atoms with Gasteiger partial charge in [0.15, 0.2) is 0 Å². The highest BCUT2D eigenvalue weighted by Gasteiger charge is 1.99. The molecule has 0 fully saturated rings. The first kappa shape index (κ1) is 12.6. The van der Waals surface area contributed by atoms with Gasteiger partial charge in [-0.25, -0.2) is 0 Å². The van der Waals surface area contributed by atoms with Gasteiger partial charge in [0, 0.05) is 4.99 Å². The molecule has 0 aliphatic rings. The van der Waals surface area contributed by atoms with Crippen LogP contribution in [0.25, 0.3) is 11.6 Å². The maximum absolute atomic E-state index is 5.43. The normalized spacial score (nSPS) is 12.3. The third kappa shape index (κ3) is 4.25. The third-order valence-corrected chi connectivity index (χ3v) is 2.96. The molecule has 0 saturated carbocycles. The Labute approximate surface area is 100.0 Å². The molecule has 1 rings (SSSR count). The molecule has 2 heteroatoms. The minimum absolute atomic E-state index is 0.754. The zero-order valence-corrected chi connectivity index (χ0v) is 11.0. The molecule has 0 aliphatic heterocycles. The highest BCUT2D eigenvalue weighted by atomic mass is 79.9. The van der Waals surface area contributed by atoms with E-state index in [-0.39, 0.29) is 0 Å². The van der Waals surface area contributed by atoms with Crippen LogP contribution in [-0.4, -0.2) is 0 Å². The molecule has 0 radical (unpaired) electrons. The van der Waals surface area contributed by atoms with E-state index >= 15 is 0 Å². The fourth-order valence-corrected chi connectivity index (χ4v) is 2.10. The van der Waals surface area contributed by atoms with E-state index in [0.717, 1.165) is 17.3 Å². The van der Waals surface area contributed by atoms with Gasteiger partial charge in [-0.05, 0) is 24.5 Å². The Morgan fingerprint density at radius 3 is 2.73 bits per heavy atom. The molecule has 0 atom stereocenters. The predicted molar refractivity (Wildman–Crippen MR) is 69.3 cm³/mol. The summed E-state index contributed by atoms with van der Waals surface area (Å²) in [5.41, 5.74) is 2.95. The Hall–Kier alpha value is -0.500. The second-order valence-corrected chi connectivity index (χ2v) is 4.33. The highest BCUT2D eigenvalue weighted by Crippen LogP contribution is 2.05. The van der Waals surface area contributed by atoms with E-state index < -0.39 is 0 Å². The maximum Gasteiger partial charge on any atom is 0.137 e. The molecular formula is C13H19BrO. The molecule has 0 saturated heterocycles. The van der Waals surface area contributed by atoms with Crippen LogP contribution in [-0.2, 0) is 6.42 Å². The Kier molecular flexibility index (Phi) is 5.77. The number of hydrogen-bond donors (Lipinski definition) is 0. The summed E-state index contributed by atoms with van der Waals surface area (Å²) in [6.45, 7) is 6.04. The van der Waals surface area contributed by atoms with Gasteiger partial charge in [-0.15, -0.1) is 0 Å². The van der Waals surface area contributed by atoms with Gasteiger partial charge in [0.1, 0.15) is 10.8 Å². The van der Waals surface area contributed by atoms with Gasteiger partial charge in [-0.1, -0.05) is 55.1 Å². The van der Waals surface area contributed by atoms with Crippen molar-refractivity contribution >= 4 is 27.5 Å². The molecule has 0 unspecified atom stereocenters. The monoisotopic (exact) mass is 270 g/mol. The Morgan fingerprint density at radius 1 is 1.33 bits per heavy atom. The van der Waals surface area contributed by atoms with Gasteiger partial charge in [0.05, 0.1) is 0 Å². The smallest absolute Gasteiger partial charge is 0.137 e. The van der Waals surface area contributed by atoms with E-state index in [1.54, 1.807) is 0 Å². The van der Waals surface area contributed by atoms with Gasteiger partial charge >= 0.3 is 0 Å². The lowest BCUT2D eigenvalue weighted by Gasteiger charge is -1.98. The number of rotatable bonds is 6. The summed E-state index contributed by atoms with van der Waals surface area (Å²) >= 11 is 3.31. The van der Waals surface area contributed by atoms with Gasteiger partial charge in [-0.2, -0.15) is 0 Å². The van der Waals surface area contributed by atoms with E-state index in [0.29, 0.717) is 0 Å². The van der Waals surface area contributed by atoms with Crippen LogP contribution in [0, 0.1) is 0 Å². The lowest BCUT2D eigenvalue weighted by atomic mass is 10.1. The topological polar surface area (TPSA) is 13.1 Å². The number of halogens is 1. The van der Waals surface area contributed by atoms with Gasteiger partial charge in [0.25, 0.3) is 0 Å². The molecule has 0 amide bonds. The minimum Gasteiger partial charge on any atom is -0.457 e. The lowest BCUT2D eigenvalue weighted by Crippen LogP contribution is -2.02. The number of hydrogen-bond acceptors (Lipinski definition) is 1. The molecule has 1 aromatic rings. The van der Waals surface area contributed by atoms with E-state index in [1.165, 1.54) is 37.7 Å². The zero-order valence-electron chi connectivity index (χ0n) is 9.39. The van der Waals surface area contributed by atoms with Crippen molar-refractivity contribution in [2.75, 3.05) is 0 Å². The zero-order chi connectivity index (χ0) is 11.1. The van der Waals surface area contributed by atoms with Crippen molar-refractivity contribution in [1.29, 1.82) is 0 Å². The number of aryl methyl sites for hydroxylation is 1. The standard InChI is InChI=1S/C13H19BrO/c1-3-4-5-6-7-8-12-9-11(2)15-13(12)10-14/h9-10H,2-8H2,1H3/b13-10-. The van der Waals surface area contributed by atoms with E-state index in [4.69, 9.17) is 4.42 Å². The molecule has 1 aromatic heterocycles. The molecule has 15 heavy (non-hydrogen) atoms. The Morgan fingerprint density at radius 2 is 2.07 bits per heavy atom. The molecule has 0 spiro atoms. The lowest BCUT2D eigenvalue weighted by molar-refractivity contribution is 0.500. The van der Waals surface area contributed by atoms with Gasteiger partial charge in [0.2, 0.25) is 0 Å². The minimum atomic E-state index is 0.754. The van der Waals surface area contributed by atoms with Crippen LogP contribution in [0.15, 0.2) is 10.5 Å². The Bertz CT molecular complexity index is 378. The Balaban J connectivity index is 2.40. The average Bonchev–Trinajstić information content (AvgIpc) is 2.59. The summed E-state index contributed by atoms with van der Waals surface area (Å²) in [5, 5.41) is 0. The molecular weight excluding hydrogens is 252 g/mol. The van der Waals surface area contributed by atoms with Crippen LogP contribution in [0.1, 0.15) is 44.6 Å². The number of furan rings is 1. The fourth-order valence-electron chi connectivity index (χ4n) is 1.71. The quantitative estimate of drug-likeness (QED) is 0.723. The van der Waals surface area contributed by atoms with Crippen LogP contribution < -0.4 is 10.8 Å².